The number of hydrogen-bond acceptors (Lipinski definition) is 1. The van der Waals surface area contributed by atoms with E-state index in [-0.39, 0.29) is 0 Å². The van der Waals surface area contributed by atoms with Gasteiger partial charge < -0.3 is 5.73 Å². The number of nitrogens with two attached hydrogens (primary N) is 1. The molecule has 0 aliphatic heterocycles. The van der Waals surface area contributed by atoms with Crippen molar-refractivity contribution >= 4 is 0 Å². The summed E-state index contributed by atoms with van der Waals surface area (Å²) in [5, 5.41) is 0. The highest BCUT2D eigenvalue weighted by Crippen LogP contribution is 1.67. The summed E-state index contributed by atoms with van der Waals surface area (Å²) < 4.78 is 0. The van der Waals surface area contributed by atoms with Gasteiger partial charge in [0.05, 0.1) is 0 Å². The topological polar surface area (TPSA) is 26.0 Å². The lowest BCUT2D eigenvalue weighted by atomic mass is 10.5. The molecule has 0 aromatic rings. The Bertz CT molecular complexity index is 52.3. The first-order chi connectivity index (χ1) is 2.91. The Labute approximate surface area is 38.2 Å². The SMILES string of the molecule is C/C=C\C=C/N. The average molecular weight is 83.1 g/mol. The molecule has 0 saturated heterocycles. The van der Waals surface area contributed by atoms with Crippen LogP contribution < -0.4 is 5.73 Å². The zero-order chi connectivity index (χ0) is 4.83. The van der Waals surface area contributed by atoms with E-state index >= 15 is 0 Å². The second-order valence-corrected chi connectivity index (χ2v) is 0.911. The van der Waals surface area contributed by atoms with E-state index < -0.39 is 0 Å². The van der Waals surface area contributed by atoms with Crippen LogP contribution in [0.2, 0.25) is 0 Å². The van der Waals surface area contributed by atoms with Gasteiger partial charge >= 0.3 is 0 Å². The molecule has 0 aromatic heterocycles. The molecule has 0 saturated carbocycles. The fourth-order valence-electron chi connectivity index (χ4n) is 0.175. The van der Waals surface area contributed by atoms with E-state index in [1.54, 1.807) is 6.08 Å². The monoisotopic (exact) mass is 83.1 g/mol. The molecule has 34 valence electrons. The van der Waals surface area contributed by atoms with Crippen LogP contribution in [0, 0.1) is 0 Å². The summed E-state index contributed by atoms with van der Waals surface area (Å²) in [5.41, 5.74) is 4.98. The van der Waals surface area contributed by atoms with Crippen LogP contribution in [0.3, 0.4) is 0 Å². The second-order valence-electron chi connectivity index (χ2n) is 0.911. The highest BCUT2D eigenvalue weighted by molar-refractivity contribution is 4.98. The van der Waals surface area contributed by atoms with E-state index in [4.69, 9.17) is 5.73 Å². The summed E-state index contributed by atoms with van der Waals surface area (Å²) in [4.78, 5) is 0. The standard InChI is InChI=1S/C5H9N/c1-2-3-4-5-6/h2-5H,6H2,1H3/b3-2-,5-4-. The number of hydrogen-bond donors (Lipinski definition) is 1. The van der Waals surface area contributed by atoms with Gasteiger partial charge in [0, 0.05) is 0 Å². The Hall–Kier alpha value is -0.720. The van der Waals surface area contributed by atoms with Crippen LogP contribution in [0.4, 0.5) is 0 Å². The highest BCUT2D eigenvalue weighted by atomic mass is 14.5. The number of allylic oxidation sites excluding steroid dienone is 3. The van der Waals surface area contributed by atoms with Crippen molar-refractivity contribution < 1.29 is 0 Å². The molecule has 1 heteroatoms. The molecule has 0 atom stereocenters. The Kier molecular flexibility index (Phi) is 3.77. The zero-order valence-electron chi connectivity index (χ0n) is 3.89. The van der Waals surface area contributed by atoms with Gasteiger partial charge in [-0.3, -0.25) is 0 Å². The Morgan fingerprint density at radius 3 is 2.17 bits per heavy atom. The van der Waals surface area contributed by atoms with Crippen molar-refractivity contribution in [3.8, 4) is 0 Å². The van der Waals surface area contributed by atoms with Gasteiger partial charge in [-0.05, 0) is 19.2 Å². The van der Waals surface area contributed by atoms with E-state index in [1.165, 1.54) is 6.20 Å². The lowest BCUT2D eigenvalue weighted by molar-refractivity contribution is 1.59. The molecule has 0 bridgehead atoms. The Morgan fingerprint density at radius 2 is 2.00 bits per heavy atom. The van der Waals surface area contributed by atoms with Crippen LogP contribution in [-0.2, 0) is 0 Å². The molecular weight excluding hydrogens is 74.1 g/mol. The molecule has 0 fully saturated rings. The molecule has 0 unspecified atom stereocenters. The molecule has 0 aliphatic rings. The summed E-state index contributed by atoms with van der Waals surface area (Å²) >= 11 is 0. The van der Waals surface area contributed by atoms with Crippen molar-refractivity contribution in [1.29, 1.82) is 0 Å². The van der Waals surface area contributed by atoms with Crippen LogP contribution >= 0.6 is 0 Å². The maximum absolute atomic E-state index is 4.98. The third kappa shape index (κ3) is 3.28. The molecule has 0 radical (unpaired) electrons. The maximum Gasteiger partial charge on any atom is -0.00625 e. The van der Waals surface area contributed by atoms with Crippen LogP contribution in [0.15, 0.2) is 24.4 Å². The van der Waals surface area contributed by atoms with Crippen molar-refractivity contribution in [2.45, 2.75) is 6.92 Å². The smallest absolute Gasteiger partial charge is 0.00625 e. The fourth-order valence-corrected chi connectivity index (χ4v) is 0.175. The van der Waals surface area contributed by atoms with Gasteiger partial charge in [-0.1, -0.05) is 12.2 Å². The van der Waals surface area contributed by atoms with E-state index in [9.17, 15) is 0 Å². The zero-order valence-corrected chi connectivity index (χ0v) is 3.89. The summed E-state index contributed by atoms with van der Waals surface area (Å²) in [6, 6.07) is 0. The van der Waals surface area contributed by atoms with Gasteiger partial charge in [0.25, 0.3) is 0 Å². The summed E-state index contributed by atoms with van der Waals surface area (Å²) in [7, 11) is 0. The van der Waals surface area contributed by atoms with E-state index in [1.807, 2.05) is 19.1 Å². The second kappa shape index (κ2) is 4.28. The van der Waals surface area contributed by atoms with Crippen molar-refractivity contribution in [3.63, 3.8) is 0 Å². The first-order valence-electron chi connectivity index (χ1n) is 1.91. The van der Waals surface area contributed by atoms with E-state index in [0.717, 1.165) is 0 Å². The van der Waals surface area contributed by atoms with Crippen LogP contribution in [0.5, 0.6) is 0 Å². The minimum absolute atomic E-state index is 1.50. The van der Waals surface area contributed by atoms with Crippen molar-refractivity contribution in [2.24, 2.45) is 5.73 Å². The first-order valence-corrected chi connectivity index (χ1v) is 1.91. The van der Waals surface area contributed by atoms with Gasteiger partial charge in [0.1, 0.15) is 0 Å². The molecule has 0 rings (SSSR count). The summed E-state index contributed by atoms with van der Waals surface area (Å²) in [5.74, 6) is 0. The molecule has 6 heavy (non-hydrogen) atoms. The lowest BCUT2D eigenvalue weighted by Crippen LogP contribution is -1.71. The quantitative estimate of drug-likeness (QED) is 0.471. The lowest BCUT2D eigenvalue weighted by Gasteiger charge is -1.63. The molecule has 1 nitrogen and oxygen atoms in total. The fraction of sp³-hybridized carbons (Fsp3) is 0.200. The van der Waals surface area contributed by atoms with Crippen molar-refractivity contribution in [3.05, 3.63) is 24.4 Å². The van der Waals surface area contributed by atoms with Crippen LogP contribution in [-0.4, -0.2) is 0 Å². The molecular formula is C5H9N. The average Bonchev–Trinajstić information content (AvgIpc) is 1.61. The van der Waals surface area contributed by atoms with Gasteiger partial charge in [-0.2, -0.15) is 0 Å². The molecule has 0 spiro atoms. The Morgan fingerprint density at radius 1 is 1.33 bits per heavy atom. The van der Waals surface area contributed by atoms with Crippen LogP contribution in [0.1, 0.15) is 6.92 Å². The largest absolute Gasteiger partial charge is 0.405 e. The minimum Gasteiger partial charge on any atom is -0.405 e. The highest BCUT2D eigenvalue weighted by Gasteiger charge is 1.48. The minimum atomic E-state index is 1.50. The van der Waals surface area contributed by atoms with Crippen molar-refractivity contribution in [1.82, 2.24) is 0 Å². The molecule has 2 N–H and O–H groups in total. The molecule has 0 aromatic carbocycles. The molecule has 0 amide bonds. The van der Waals surface area contributed by atoms with E-state index in [2.05, 4.69) is 0 Å². The number of rotatable bonds is 1. The van der Waals surface area contributed by atoms with Gasteiger partial charge in [-0.15, -0.1) is 0 Å². The maximum atomic E-state index is 4.98. The van der Waals surface area contributed by atoms with Crippen LogP contribution in [0.25, 0.3) is 0 Å². The third-order valence-corrected chi connectivity index (χ3v) is 0.415. The first kappa shape index (κ1) is 5.28. The van der Waals surface area contributed by atoms with Gasteiger partial charge in [0.2, 0.25) is 0 Å². The third-order valence-electron chi connectivity index (χ3n) is 0.415. The van der Waals surface area contributed by atoms with Crippen molar-refractivity contribution in [2.75, 3.05) is 0 Å². The summed E-state index contributed by atoms with van der Waals surface area (Å²) in [6.07, 6.45) is 7.07. The van der Waals surface area contributed by atoms with Gasteiger partial charge in [0.15, 0.2) is 0 Å². The molecule has 0 aliphatic carbocycles. The summed E-state index contributed by atoms with van der Waals surface area (Å²) in [6.45, 7) is 1.94. The predicted octanol–water partition coefficient (Wildman–Crippen LogP) is 1.03. The van der Waals surface area contributed by atoms with Gasteiger partial charge in [-0.25, -0.2) is 0 Å². The predicted molar refractivity (Wildman–Crippen MR) is 28.1 cm³/mol. The normalized spacial score (nSPS) is 11.5. The molecule has 0 heterocycles. The van der Waals surface area contributed by atoms with E-state index in [0.29, 0.717) is 0 Å². The Balaban J connectivity index is 3.07.